The van der Waals surface area contributed by atoms with Crippen molar-refractivity contribution in [3.63, 3.8) is 0 Å². The van der Waals surface area contributed by atoms with E-state index in [2.05, 4.69) is 9.67 Å². The summed E-state index contributed by atoms with van der Waals surface area (Å²) in [5, 5.41) is 12.9. The van der Waals surface area contributed by atoms with E-state index in [1.807, 2.05) is 45.9 Å². The molecule has 1 aliphatic heterocycles. The fourth-order valence-electron chi connectivity index (χ4n) is 3.67. The Morgan fingerprint density at radius 1 is 1.14 bits per heavy atom. The maximum atomic E-state index is 12.6. The van der Waals surface area contributed by atoms with E-state index in [0.29, 0.717) is 31.7 Å². The van der Waals surface area contributed by atoms with Gasteiger partial charge in [0.25, 0.3) is 0 Å². The first-order chi connectivity index (χ1) is 13.5. The highest BCUT2D eigenvalue weighted by Gasteiger charge is 2.56. The smallest absolute Gasteiger partial charge is 0.611 e. The van der Waals surface area contributed by atoms with Crippen LogP contribution in [0.1, 0.15) is 40.5 Å². The van der Waals surface area contributed by atoms with Crippen LogP contribution in [0.2, 0.25) is 0 Å². The fourth-order valence-corrected chi connectivity index (χ4v) is 5.95. The summed E-state index contributed by atoms with van der Waals surface area (Å²) in [5.41, 5.74) is -0.288. The van der Waals surface area contributed by atoms with Gasteiger partial charge < -0.3 is 10.3 Å². The molecule has 1 fully saturated rings. The van der Waals surface area contributed by atoms with Gasteiger partial charge in [-0.3, -0.25) is 4.52 Å². The first kappa shape index (κ1) is 24.5. The Hall–Kier alpha value is -0.750. The van der Waals surface area contributed by atoms with Crippen LogP contribution in [-0.2, 0) is 0 Å². The Kier molecular flexibility index (Phi) is 8.49. The minimum absolute atomic E-state index is 0.209. The van der Waals surface area contributed by atoms with Crippen LogP contribution in [0.15, 0.2) is 35.2 Å². The maximum Gasteiger partial charge on any atom is 0.611 e. The zero-order chi connectivity index (χ0) is 21.7. The van der Waals surface area contributed by atoms with Crippen molar-refractivity contribution in [1.82, 2.24) is 4.67 Å². The summed E-state index contributed by atoms with van der Waals surface area (Å²) in [6.07, 6.45) is 0.990. The van der Waals surface area contributed by atoms with Crippen molar-refractivity contribution in [1.29, 1.82) is 0 Å². The van der Waals surface area contributed by atoms with Crippen molar-refractivity contribution in [3.8, 4) is 5.75 Å². The fraction of sp³-hybridized carbons (Fsp3) is 0.632. The highest BCUT2D eigenvalue weighted by atomic mass is 35.5. The normalized spacial score (nSPS) is 22.7. The van der Waals surface area contributed by atoms with Gasteiger partial charge in [0, 0.05) is 11.8 Å². The zero-order valence-corrected chi connectivity index (χ0v) is 19.8. The molecular formula is C19H31Cl2N4O3P+2. The molecule has 1 atom stereocenters. The second-order valence-electron chi connectivity index (χ2n) is 8.46. The molecule has 0 radical (unpaired) electrons. The summed E-state index contributed by atoms with van der Waals surface area (Å²) in [6, 6.07) is 8.99. The van der Waals surface area contributed by atoms with Gasteiger partial charge in [0.15, 0.2) is 5.75 Å². The van der Waals surface area contributed by atoms with Crippen molar-refractivity contribution >= 4 is 36.9 Å². The Balaban J connectivity index is 2.43. The minimum atomic E-state index is -3.48. The summed E-state index contributed by atoms with van der Waals surface area (Å²) < 4.78 is 7.57. The number of rotatable bonds is 8. The number of nitrogens with zero attached hydrogens (tertiary/aromatic N) is 3. The van der Waals surface area contributed by atoms with E-state index >= 15 is 0 Å². The number of para-hydroxylation sites is 1. The highest BCUT2D eigenvalue weighted by molar-refractivity contribution is 7.61. The average molecular weight is 465 g/mol. The Bertz CT molecular complexity index is 718. The predicted octanol–water partition coefficient (Wildman–Crippen LogP) is 3.35. The monoisotopic (exact) mass is 464 g/mol. The van der Waals surface area contributed by atoms with Crippen LogP contribution in [-0.4, -0.2) is 56.0 Å². The summed E-state index contributed by atoms with van der Waals surface area (Å²) in [6.45, 7) is 8.38. The summed E-state index contributed by atoms with van der Waals surface area (Å²) in [7, 11) is -3.48. The van der Waals surface area contributed by atoms with Crippen LogP contribution < -0.4 is 9.59 Å². The van der Waals surface area contributed by atoms with Crippen LogP contribution in [0, 0.1) is 5.21 Å². The average Bonchev–Trinajstić information content (AvgIpc) is 2.65. The molecule has 0 amide bonds. The van der Waals surface area contributed by atoms with Gasteiger partial charge in [-0.2, -0.15) is 4.89 Å². The number of quaternary nitrogens is 1. The van der Waals surface area contributed by atoms with E-state index in [1.54, 1.807) is 16.8 Å². The minimum Gasteiger partial charge on any atom is -0.634 e. The number of hydroxylamine groups is 2. The SMILES string of the molecule is CC1(C)CC(=[N+]=N[P+](O)(Oc2ccccc2)N(CCCl)CCCl)CC(C)(C)[NH+]1[O-]. The van der Waals surface area contributed by atoms with Crippen molar-refractivity contribution in [2.24, 2.45) is 4.88 Å². The van der Waals surface area contributed by atoms with E-state index in [1.165, 1.54) is 0 Å². The molecule has 10 heteroatoms. The molecule has 1 unspecified atom stereocenters. The molecule has 162 valence electrons. The first-order valence-electron chi connectivity index (χ1n) is 9.61. The lowest BCUT2D eigenvalue weighted by Crippen LogP contribution is -3.23. The third kappa shape index (κ3) is 6.36. The number of benzene rings is 1. The predicted molar refractivity (Wildman–Crippen MR) is 119 cm³/mol. The lowest BCUT2D eigenvalue weighted by Gasteiger charge is -2.50. The van der Waals surface area contributed by atoms with Gasteiger partial charge in [-0.1, -0.05) is 22.9 Å². The van der Waals surface area contributed by atoms with E-state index < -0.39 is 19.1 Å². The summed E-state index contributed by atoms with van der Waals surface area (Å²) >= 11 is 11.9. The number of hydrogen-bond donors (Lipinski definition) is 2. The van der Waals surface area contributed by atoms with Crippen molar-refractivity contribution in [2.75, 3.05) is 24.8 Å². The third-order valence-electron chi connectivity index (χ3n) is 4.85. The summed E-state index contributed by atoms with van der Waals surface area (Å²) in [5.74, 6) is 1.07. The van der Waals surface area contributed by atoms with Crippen molar-refractivity contribution in [2.45, 2.75) is 51.6 Å². The molecular weight excluding hydrogens is 434 g/mol. The third-order valence-corrected chi connectivity index (χ3v) is 7.10. The van der Waals surface area contributed by atoms with E-state index in [4.69, 9.17) is 27.7 Å². The van der Waals surface area contributed by atoms with Crippen molar-refractivity contribution in [3.05, 3.63) is 35.5 Å². The Morgan fingerprint density at radius 2 is 1.66 bits per heavy atom. The standard InChI is InChI=1S/C19H31Cl2N4O3P/c1-18(2)14-16(15-19(3,4)25(18)26)22-23-29(27,24(12-10-20)13-11-21)28-17-8-6-5-7-9-17/h5-9,25,27H,10-15H2,1-4H3/q+2. The lowest BCUT2D eigenvalue weighted by atomic mass is 9.81. The number of alkyl halides is 2. The molecule has 1 aromatic carbocycles. The van der Waals surface area contributed by atoms with Gasteiger partial charge >= 0.3 is 18.6 Å². The molecule has 0 bridgehead atoms. The van der Waals surface area contributed by atoms with Gasteiger partial charge in [0.05, 0.1) is 17.9 Å². The van der Waals surface area contributed by atoms with E-state index in [-0.39, 0.29) is 16.8 Å². The zero-order valence-electron chi connectivity index (χ0n) is 17.4. The van der Waals surface area contributed by atoms with E-state index in [0.717, 1.165) is 5.71 Å². The van der Waals surface area contributed by atoms with Crippen LogP contribution in [0.3, 0.4) is 0 Å². The van der Waals surface area contributed by atoms with E-state index in [9.17, 15) is 10.1 Å². The van der Waals surface area contributed by atoms with Gasteiger partial charge in [0.2, 0.25) is 0 Å². The molecule has 29 heavy (non-hydrogen) atoms. The quantitative estimate of drug-likeness (QED) is 0.203. The van der Waals surface area contributed by atoms with Crippen molar-refractivity contribution < 1.29 is 19.3 Å². The molecule has 2 rings (SSSR count). The first-order valence-corrected chi connectivity index (χ1v) is 12.2. The van der Waals surface area contributed by atoms with Gasteiger partial charge in [0.1, 0.15) is 23.9 Å². The molecule has 7 nitrogen and oxygen atoms in total. The second kappa shape index (κ2) is 10.0. The van der Waals surface area contributed by atoms with Crippen LogP contribution >= 0.6 is 31.2 Å². The summed E-state index contributed by atoms with van der Waals surface area (Å²) in [4.78, 5) is 20.1. The number of halogens is 2. The highest BCUT2D eigenvalue weighted by Crippen LogP contribution is 2.59. The number of hydrogen-bond acceptors (Lipinski definition) is 5. The molecule has 1 aromatic rings. The molecule has 2 N–H and O–H groups in total. The van der Waals surface area contributed by atoms with Crippen LogP contribution in [0.4, 0.5) is 0 Å². The second-order valence-corrected chi connectivity index (χ2v) is 11.2. The lowest BCUT2D eigenvalue weighted by molar-refractivity contribution is -0.950. The number of nitrogens with one attached hydrogen (secondary N) is 1. The van der Waals surface area contributed by atoms with Crippen LogP contribution in [0.5, 0.6) is 5.75 Å². The molecule has 0 spiro atoms. The largest absolute Gasteiger partial charge is 0.634 e. The van der Waals surface area contributed by atoms with Crippen LogP contribution in [0.25, 0.3) is 0 Å². The molecule has 1 saturated heterocycles. The topological polar surface area (TPSA) is 86.7 Å². The Labute approximate surface area is 183 Å². The molecule has 0 aliphatic carbocycles. The Morgan fingerprint density at radius 3 is 2.14 bits per heavy atom. The van der Waals surface area contributed by atoms with Gasteiger partial charge in [-0.15, -0.1) is 23.2 Å². The molecule has 1 heterocycles. The molecule has 0 saturated carbocycles. The number of piperidine rings is 1. The molecule has 0 aromatic heterocycles. The maximum absolute atomic E-state index is 12.6. The van der Waals surface area contributed by atoms with Gasteiger partial charge in [-0.25, -0.2) is 0 Å². The van der Waals surface area contributed by atoms with Gasteiger partial charge in [-0.05, 0) is 39.8 Å². The molecule has 1 aliphatic rings.